The second kappa shape index (κ2) is 12.4. The summed E-state index contributed by atoms with van der Waals surface area (Å²) in [5.74, 6) is 0.229. The number of carbonyl (C=O) groups excluding carboxylic acids is 1. The maximum absolute atomic E-state index is 14.0. The van der Waals surface area contributed by atoms with E-state index in [2.05, 4.69) is 6.58 Å². The fourth-order valence-corrected chi connectivity index (χ4v) is 5.92. The molecule has 2 heterocycles. The van der Waals surface area contributed by atoms with Crippen molar-refractivity contribution in [1.82, 2.24) is 4.57 Å². The first kappa shape index (κ1) is 27.4. The molecule has 0 fully saturated rings. The van der Waals surface area contributed by atoms with Gasteiger partial charge in [-0.3, -0.25) is 9.36 Å². The van der Waals surface area contributed by atoms with Crippen LogP contribution >= 0.6 is 23.1 Å². The number of nitrogens with zero attached hydrogens (tertiary/aromatic N) is 2. The molecule has 1 atom stereocenters. The molecule has 0 unspecified atom stereocenters. The van der Waals surface area contributed by atoms with Crippen LogP contribution in [-0.4, -0.2) is 30.0 Å². The van der Waals surface area contributed by atoms with Crippen molar-refractivity contribution in [3.63, 3.8) is 0 Å². The van der Waals surface area contributed by atoms with Gasteiger partial charge in [-0.05, 0) is 54.6 Å². The van der Waals surface area contributed by atoms with E-state index in [1.807, 2.05) is 91.2 Å². The Morgan fingerprint density at radius 2 is 1.80 bits per heavy atom. The van der Waals surface area contributed by atoms with Crippen molar-refractivity contribution in [2.24, 2.45) is 4.99 Å². The van der Waals surface area contributed by atoms with Crippen molar-refractivity contribution in [3.8, 4) is 5.75 Å². The molecule has 0 bridgehead atoms. The number of hydrogen-bond donors (Lipinski definition) is 0. The highest BCUT2D eigenvalue weighted by Gasteiger charge is 2.35. The standard InChI is InChI=1S/C32H28N2O4S2/c1-4-19-38-24-15-11-21(12-16-24)20-26-30(35)34-29(23-13-17-25(39-3)18-14-23)27(31(36)37-5-2)28(33-32(34)40-26)22-9-7-6-8-10-22/h4,6-18,20,29H,1,5,19H2,2-3H3/b26-20-/t29-/m1/s1. The number of thiazole rings is 1. The minimum absolute atomic E-state index is 0.208. The number of carbonyl (C=O) groups is 1. The van der Waals surface area contributed by atoms with Gasteiger partial charge in [0.25, 0.3) is 5.56 Å². The number of rotatable bonds is 9. The molecule has 0 radical (unpaired) electrons. The molecule has 6 nitrogen and oxygen atoms in total. The number of hydrogen-bond acceptors (Lipinski definition) is 7. The Hall–Kier alpha value is -4.14. The van der Waals surface area contributed by atoms with E-state index in [1.54, 1.807) is 29.3 Å². The summed E-state index contributed by atoms with van der Waals surface area (Å²) in [6.07, 6.45) is 5.53. The van der Waals surface area contributed by atoms with Gasteiger partial charge in [-0.1, -0.05) is 78.6 Å². The number of fused-ring (bicyclic) bond motifs is 1. The number of aromatic nitrogens is 1. The number of benzene rings is 3. The molecule has 0 N–H and O–H groups in total. The van der Waals surface area contributed by atoms with Gasteiger partial charge in [-0.2, -0.15) is 0 Å². The van der Waals surface area contributed by atoms with Gasteiger partial charge in [0.2, 0.25) is 0 Å². The molecule has 202 valence electrons. The Morgan fingerprint density at radius 3 is 2.45 bits per heavy atom. The number of thioether (sulfide) groups is 1. The fourth-order valence-electron chi connectivity index (χ4n) is 4.51. The van der Waals surface area contributed by atoms with E-state index in [-0.39, 0.29) is 12.2 Å². The molecule has 5 rings (SSSR count). The van der Waals surface area contributed by atoms with Gasteiger partial charge >= 0.3 is 5.97 Å². The van der Waals surface area contributed by atoms with Crippen LogP contribution in [0, 0.1) is 0 Å². The average Bonchev–Trinajstić information content (AvgIpc) is 3.30. The first-order valence-corrected chi connectivity index (χ1v) is 14.8. The van der Waals surface area contributed by atoms with E-state index in [9.17, 15) is 9.59 Å². The topological polar surface area (TPSA) is 69.9 Å². The number of esters is 1. The monoisotopic (exact) mass is 568 g/mol. The zero-order chi connectivity index (χ0) is 28.1. The smallest absolute Gasteiger partial charge is 0.338 e. The van der Waals surface area contributed by atoms with Crippen molar-refractivity contribution < 1.29 is 14.3 Å². The summed E-state index contributed by atoms with van der Waals surface area (Å²) < 4.78 is 13.2. The molecule has 4 aromatic rings. The minimum Gasteiger partial charge on any atom is -0.490 e. The Labute approximate surface area is 240 Å². The van der Waals surface area contributed by atoms with Crippen molar-refractivity contribution in [1.29, 1.82) is 0 Å². The normalized spacial score (nSPS) is 14.8. The minimum atomic E-state index is -0.696. The van der Waals surface area contributed by atoms with Gasteiger partial charge in [-0.25, -0.2) is 9.79 Å². The van der Waals surface area contributed by atoms with E-state index in [0.29, 0.717) is 27.2 Å². The molecular formula is C32H28N2O4S2. The van der Waals surface area contributed by atoms with E-state index in [0.717, 1.165) is 27.3 Å². The lowest BCUT2D eigenvalue weighted by Crippen LogP contribution is -2.40. The number of ether oxygens (including phenoxy) is 2. The molecule has 0 saturated heterocycles. The van der Waals surface area contributed by atoms with Crippen molar-refractivity contribution >= 4 is 40.8 Å². The molecule has 1 aromatic heterocycles. The van der Waals surface area contributed by atoms with Crippen molar-refractivity contribution in [2.75, 3.05) is 19.5 Å². The second-order valence-corrected chi connectivity index (χ2v) is 10.8. The Balaban J connectivity index is 1.73. The predicted octanol–water partition coefficient (Wildman–Crippen LogP) is 5.22. The third-order valence-corrected chi connectivity index (χ3v) is 8.08. The molecule has 1 aliphatic heterocycles. The SMILES string of the molecule is C=CCOc1ccc(/C=c2\sc3n(c2=O)[C@H](c2ccc(SC)cc2)C(C(=O)OCC)=C(c2ccccc2)N=3)cc1. The lowest BCUT2D eigenvalue weighted by molar-refractivity contribution is -0.138. The van der Waals surface area contributed by atoms with Crippen molar-refractivity contribution in [3.05, 3.63) is 133 Å². The van der Waals surface area contributed by atoms with Crippen LogP contribution in [0.2, 0.25) is 0 Å². The highest BCUT2D eigenvalue weighted by molar-refractivity contribution is 7.98. The van der Waals surface area contributed by atoms with Crippen LogP contribution in [0.1, 0.15) is 29.7 Å². The maximum Gasteiger partial charge on any atom is 0.338 e. The van der Waals surface area contributed by atoms with E-state index in [1.165, 1.54) is 11.3 Å². The van der Waals surface area contributed by atoms with Crippen LogP contribution in [0.25, 0.3) is 11.8 Å². The zero-order valence-corrected chi connectivity index (χ0v) is 23.8. The summed E-state index contributed by atoms with van der Waals surface area (Å²) in [6, 6.07) is 24.3. The largest absolute Gasteiger partial charge is 0.490 e. The van der Waals surface area contributed by atoms with E-state index >= 15 is 0 Å². The average molecular weight is 569 g/mol. The molecule has 0 amide bonds. The van der Waals surface area contributed by atoms with Gasteiger partial charge in [0.1, 0.15) is 12.4 Å². The Morgan fingerprint density at radius 1 is 1.07 bits per heavy atom. The molecule has 0 spiro atoms. The lowest BCUT2D eigenvalue weighted by Gasteiger charge is -2.26. The summed E-state index contributed by atoms with van der Waals surface area (Å²) in [5.41, 5.74) is 3.07. The molecular weight excluding hydrogens is 540 g/mol. The molecule has 1 aliphatic rings. The van der Waals surface area contributed by atoms with Crippen LogP contribution in [0.3, 0.4) is 0 Å². The Kier molecular flexibility index (Phi) is 8.48. The highest BCUT2D eigenvalue weighted by Crippen LogP contribution is 2.35. The van der Waals surface area contributed by atoms with Crippen LogP contribution < -0.4 is 19.6 Å². The third-order valence-electron chi connectivity index (χ3n) is 6.35. The highest BCUT2D eigenvalue weighted by atomic mass is 32.2. The van der Waals surface area contributed by atoms with E-state index < -0.39 is 12.0 Å². The zero-order valence-electron chi connectivity index (χ0n) is 22.2. The Bertz CT molecular complexity index is 1740. The van der Waals surface area contributed by atoms with Gasteiger partial charge < -0.3 is 9.47 Å². The van der Waals surface area contributed by atoms with Gasteiger partial charge in [0.15, 0.2) is 4.80 Å². The first-order chi connectivity index (χ1) is 19.5. The second-order valence-electron chi connectivity index (χ2n) is 8.87. The third kappa shape index (κ3) is 5.59. The van der Waals surface area contributed by atoms with Gasteiger partial charge in [-0.15, -0.1) is 11.8 Å². The summed E-state index contributed by atoms with van der Waals surface area (Å²) in [4.78, 5) is 34.0. The van der Waals surface area contributed by atoms with Crippen molar-refractivity contribution in [2.45, 2.75) is 17.9 Å². The fraction of sp³-hybridized carbons (Fsp3) is 0.156. The summed E-state index contributed by atoms with van der Waals surface area (Å²) >= 11 is 2.93. The molecule has 8 heteroatoms. The quantitative estimate of drug-likeness (QED) is 0.157. The molecule has 3 aromatic carbocycles. The van der Waals surface area contributed by atoms with Crippen LogP contribution in [0.4, 0.5) is 0 Å². The van der Waals surface area contributed by atoms with Crippen LogP contribution in [0.5, 0.6) is 5.75 Å². The molecule has 0 saturated carbocycles. The summed E-state index contributed by atoms with van der Waals surface area (Å²) in [5, 5.41) is 0. The molecule has 0 aliphatic carbocycles. The predicted molar refractivity (Wildman–Crippen MR) is 161 cm³/mol. The molecule has 40 heavy (non-hydrogen) atoms. The summed E-state index contributed by atoms with van der Waals surface area (Å²) in [6.45, 7) is 6.07. The summed E-state index contributed by atoms with van der Waals surface area (Å²) in [7, 11) is 0. The maximum atomic E-state index is 14.0. The van der Waals surface area contributed by atoms with Crippen LogP contribution in [0.15, 0.2) is 112 Å². The van der Waals surface area contributed by atoms with Crippen LogP contribution in [-0.2, 0) is 9.53 Å². The van der Waals surface area contributed by atoms with Gasteiger partial charge in [0, 0.05) is 10.5 Å². The van der Waals surface area contributed by atoms with Gasteiger partial charge in [0.05, 0.1) is 28.5 Å². The van der Waals surface area contributed by atoms with E-state index in [4.69, 9.17) is 14.5 Å². The first-order valence-electron chi connectivity index (χ1n) is 12.8. The lowest BCUT2D eigenvalue weighted by atomic mass is 9.93.